The molecule has 0 spiro atoms. The van der Waals surface area contributed by atoms with Crippen molar-refractivity contribution in [1.82, 2.24) is 5.43 Å². The van der Waals surface area contributed by atoms with E-state index in [1.807, 2.05) is 0 Å². The molecule has 3 rings (SSSR count). The summed E-state index contributed by atoms with van der Waals surface area (Å²) in [4.78, 5) is 11.8. The summed E-state index contributed by atoms with van der Waals surface area (Å²) in [6.45, 7) is -0.120. The SMILES string of the molecule is O=C(COc1cc(Cl)c(Cl)cc1Cl)NN=Cc1cc2c(cc1Br)OCO2. The summed E-state index contributed by atoms with van der Waals surface area (Å²) in [5.41, 5.74) is 3.06. The molecule has 0 fully saturated rings. The predicted molar refractivity (Wildman–Crippen MR) is 103 cm³/mol. The van der Waals surface area contributed by atoms with Crippen molar-refractivity contribution in [3.05, 3.63) is 49.4 Å². The van der Waals surface area contributed by atoms with Gasteiger partial charge < -0.3 is 14.2 Å². The highest BCUT2D eigenvalue weighted by Gasteiger charge is 2.15. The molecule has 1 amide bonds. The molecule has 1 aliphatic rings. The molecule has 26 heavy (non-hydrogen) atoms. The zero-order chi connectivity index (χ0) is 18.7. The summed E-state index contributed by atoms with van der Waals surface area (Å²) >= 11 is 21.1. The van der Waals surface area contributed by atoms with E-state index < -0.39 is 5.91 Å². The number of hydrogen-bond acceptors (Lipinski definition) is 5. The number of hydrazone groups is 1. The molecule has 0 aliphatic carbocycles. The van der Waals surface area contributed by atoms with Crippen molar-refractivity contribution < 1.29 is 19.0 Å². The summed E-state index contributed by atoms with van der Waals surface area (Å²) in [6.07, 6.45) is 1.47. The molecular formula is C16H10BrCl3N2O4. The average Bonchev–Trinajstić information content (AvgIpc) is 3.04. The number of nitrogens with zero attached hydrogens (tertiary/aromatic N) is 1. The lowest BCUT2D eigenvalue weighted by Crippen LogP contribution is -2.24. The molecule has 0 aromatic heterocycles. The van der Waals surface area contributed by atoms with E-state index in [1.54, 1.807) is 12.1 Å². The van der Waals surface area contributed by atoms with Gasteiger partial charge in [0.25, 0.3) is 5.91 Å². The van der Waals surface area contributed by atoms with Crippen molar-refractivity contribution in [2.45, 2.75) is 0 Å². The smallest absolute Gasteiger partial charge is 0.277 e. The Morgan fingerprint density at radius 1 is 1.15 bits per heavy atom. The second-order valence-electron chi connectivity index (χ2n) is 5.01. The van der Waals surface area contributed by atoms with Gasteiger partial charge in [-0.2, -0.15) is 5.10 Å². The lowest BCUT2D eigenvalue weighted by molar-refractivity contribution is -0.123. The summed E-state index contributed by atoms with van der Waals surface area (Å²) in [7, 11) is 0. The van der Waals surface area contributed by atoms with Gasteiger partial charge in [-0.3, -0.25) is 4.79 Å². The molecule has 1 N–H and O–H groups in total. The van der Waals surface area contributed by atoms with E-state index in [4.69, 9.17) is 49.0 Å². The van der Waals surface area contributed by atoms with Gasteiger partial charge in [0.05, 0.1) is 21.3 Å². The standard InChI is InChI=1S/C16H10BrCl3N2O4/c17-9-2-15-14(25-7-26-15)1-8(9)5-21-22-16(23)6-24-13-4-11(19)10(18)3-12(13)20/h1-5H,6-7H2,(H,22,23). The first-order valence-corrected chi connectivity index (χ1v) is 9.05. The van der Waals surface area contributed by atoms with Crippen molar-refractivity contribution in [1.29, 1.82) is 0 Å². The van der Waals surface area contributed by atoms with E-state index in [-0.39, 0.29) is 29.2 Å². The van der Waals surface area contributed by atoms with Crippen LogP contribution in [0.25, 0.3) is 0 Å². The maximum absolute atomic E-state index is 11.8. The molecule has 0 saturated heterocycles. The van der Waals surface area contributed by atoms with E-state index in [2.05, 4.69) is 26.5 Å². The third kappa shape index (κ3) is 4.54. The predicted octanol–water partition coefficient (Wildman–Crippen LogP) is 4.67. The number of carbonyl (C=O) groups is 1. The number of carbonyl (C=O) groups excluding carboxylic acids is 1. The first-order chi connectivity index (χ1) is 12.4. The zero-order valence-electron chi connectivity index (χ0n) is 12.9. The number of nitrogens with one attached hydrogen (secondary N) is 1. The number of fused-ring (bicyclic) bond motifs is 1. The van der Waals surface area contributed by atoms with Gasteiger partial charge in [0.2, 0.25) is 6.79 Å². The van der Waals surface area contributed by atoms with Gasteiger partial charge in [0.15, 0.2) is 18.1 Å². The third-order valence-electron chi connectivity index (χ3n) is 3.22. The lowest BCUT2D eigenvalue weighted by Gasteiger charge is -2.08. The number of rotatable bonds is 5. The molecule has 2 aromatic rings. The Bertz CT molecular complexity index is 892. The summed E-state index contributed by atoms with van der Waals surface area (Å²) < 4.78 is 16.6. The molecule has 1 aliphatic heterocycles. The summed E-state index contributed by atoms with van der Waals surface area (Å²) in [5, 5.41) is 4.71. The number of halogens is 4. The number of ether oxygens (including phenoxy) is 3. The van der Waals surface area contributed by atoms with Crippen LogP contribution < -0.4 is 19.6 Å². The Kier molecular flexibility index (Phi) is 6.13. The topological polar surface area (TPSA) is 69.2 Å². The first-order valence-electron chi connectivity index (χ1n) is 7.12. The second kappa shape index (κ2) is 8.35. The molecular weight excluding hydrogens is 470 g/mol. The molecule has 1 heterocycles. The van der Waals surface area contributed by atoms with Gasteiger partial charge in [-0.15, -0.1) is 0 Å². The largest absolute Gasteiger partial charge is 0.482 e. The average molecular weight is 481 g/mol. The second-order valence-corrected chi connectivity index (χ2v) is 7.08. The number of hydrogen-bond donors (Lipinski definition) is 1. The van der Waals surface area contributed by atoms with Crippen molar-refractivity contribution in [3.8, 4) is 17.2 Å². The minimum absolute atomic E-state index is 0.174. The van der Waals surface area contributed by atoms with Crippen LogP contribution in [0.4, 0.5) is 0 Å². The molecule has 6 nitrogen and oxygen atoms in total. The molecule has 0 atom stereocenters. The number of amides is 1. The quantitative estimate of drug-likeness (QED) is 0.384. The highest BCUT2D eigenvalue weighted by atomic mass is 79.9. The van der Waals surface area contributed by atoms with Crippen LogP contribution in [0.5, 0.6) is 17.2 Å². The van der Waals surface area contributed by atoms with Gasteiger partial charge in [-0.25, -0.2) is 5.43 Å². The van der Waals surface area contributed by atoms with Crippen LogP contribution >= 0.6 is 50.7 Å². The van der Waals surface area contributed by atoms with Crippen molar-refractivity contribution >= 4 is 62.9 Å². The Labute approximate surface area is 172 Å². The Hall–Kier alpha value is -1.67. The van der Waals surface area contributed by atoms with Crippen LogP contribution in [0.3, 0.4) is 0 Å². The fraction of sp³-hybridized carbons (Fsp3) is 0.125. The maximum Gasteiger partial charge on any atom is 0.277 e. The molecule has 2 aromatic carbocycles. The van der Waals surface area contributed by atoms with Gasteiger partial charge in [0.1, 0.15) is 5.75 Å². The monoisotopic (exact) mass is 478 g/mol. The molecule has 0 radical (unpaired) electrons. The normalized spacial score (nSPS) is 12.5. The van der Waals surface area contributed by atoms with E-state index in [1.165, 1.54) is 18.3 Å². The molecule has 0 unspecified atom stereocenters. The molecule has 0 bridgehead atoms. The van der Waals surface area contributed by atoms with Gasteiger partial charge in [0, 0.05) is 16.1 Å². The fourth-order valence-corrected chi connectivity index (χ4v) is 3.01. The van der Waals surface area contributed by atoms with E-state index in [9.17, 15) is 4.79 Å². The van der Waals surface area contributed by atoms with Crippen LogP contribution in [0, 0.1) is 0 Å². The van der Waals surface area contributed by atoms with E-state index in [0.717, 1.165) is 4.47 Å². The minimum Gasteiger partial charge on any atom is -0.482 e. The van der Waals surface area contributed by atoms with Gasteiger partial charge in [-0.05, 0) is 34.1 Å². The maximum atomic E-state index is 11.8. The van der Waals surface area contributed by atoms with E-state index >= 15 is 0 Å². The van der Waals surface area contributed by atoms with Crippen LogP contribution in [0.1, 0.15) is 5.56 Å². The van der Waals surface area contributed by atoms with Crippen LogP contribution in [-0.2, 0) is 4.79 Å². The zero-order valence-corrected chi connectivity index (χ0v) is 16.7. The van der Waals surface area contributed by atoms with Gasteiger partial charge in [-0.1, -0.05) is 34.8 Å². The summed E-state index contributed by atoms with van der Waals surface area (Å²) in [6, 6.07) is 6.38. The van der Waals surface area contributed by atoms with Crippen LogP contribution in [0.2, 0.25) is 15.1 Å². The van der Waals surface area contributed by atoms with Crippen LogP contribution in [-0.4, -0.2) is 25.5 Å². The van der Waals surface area contributed by atoms with Crippen molar-refractivity contribution in [3.63, 3.8) is 0 Å². The minimum atomic E-state index is -0.472. The Morgan fingerprint density at radius 3 is 2.62 bits per heavy atom. The van der Waals surface area contributed by atoms with Crippen LogP contribution in [0.15, 0.2) is 33.8 Å². The Balaban J connectivity index is 1.56. The van der Waals surface area contributed by atoms with Crippen molar-refractivity contribution in [2.75, 3.05) is 13.4 Å². The van der Waals surface area contributed by atoms with Crippen molar-refractivity contribution in [2.24, 2.45) is 5.10 Å². The number of benzene rings is 2. The third-order valence-corrected chi connectivity index (χ3v) is 4.92. The van der Waals surface area contributed by atoms with E-state index in [0.29, 0.717) is 22.1 Å². The molecule has 136 valence electrons. The highest BCUT2D eigenvalue weighted by molar-refractivity contribution is 9.10. The lowest BCUT2D eigenvalue weighted by atomic mass is 10.2. The molecule has 0 saturated carbocycles. The first kappa shape index (κ1) is 19.1. The Morgan fingerprint density at radius 2 is 1.85 bits per heavy atom. The van der Waals surface area contributed by atoms with Gasteiger partial charge >= 0.3 is 0 Å². The molecule has 10 heteroatoms. The fourth-order valence-electron chi connectivity index (χ4n) is 2.00. The summed E-state index contributed by atoms with van der Waals surface area (Å²) in [5.74, 6) is 1.03. The highest BCUT2D eigenvalue weighted by Crippen LogP contribution is 2.36.